The van der Waals surface area contributed by atoms with Gasteiger partial charge in [-0.1, -0.05) is 17.7 Å². The molecule has 0 spiro atoms. The number of thiazole rings is 1. The summed E-state index contributed by atoms with van der Waals surface area (Å²) in [6, 6.07) is 6.64. The number of benzene rings is 1. The number of nitrogens with zero attached hydrogens (tertiary/aromatic N) is 3. The van der Waals surface area contributed by atoms with E-state index in [0.717, 1.165) is 22.6 Å². The fourth-order valence-electron chi connectivity index (χ4n) is 2.95. The summed E-state index contributed by atoms with van der Waals surface area (Å²) in [5.74, 6) is 0. The molecule has 0 unspecified atom stereocenters. The van der Waals surface area contributed by atoms with Crippen molar-refractivity contribution < 1.29 is 13.6 Å². The van der Waals surface area contributed by atoms with E-state index in [0.29, 0.717) is 41.6 Å². The van der Waals surface area contributed by atoms with Crippen molar-refractivity contribution >= 4 is 34.7 Å². The summed E-state index contributed by atoms with van der Waals surface area (Å²) in [4.78, 5) is 18.2. The second kappa shape index (κ2) is 7.24. The maximum Gasteiger partial charge on any atom is 0.322 e. The SMILES string of the molecule is O=C(Nc1cccc(Cl)c1)N1CCc2[nH]nc(-c3csc(C(F)F)n3)c2C1. The predicted molar refractivity (Wildman–Crippen MR) is 99.2 cm³/mol. The Morgan fingerprint density at radius 2 is 2.26 bits per heavy atom. The van der Waals surface area contributed by atoms with Gasteiger partial charge in [-0.3, -0.25) is 5.10 Å². The number of alkyl halides is 2. The number of hydrogen-bond donors (Lipinski definition) is 2. The molecule has 1 aliphatic rings. The summed E-state index contributed by atoms with van der Waals surface area (Å²) < 4.78 is 25.6. The number of nitrogens with one attached hydrogen (secondary N) is 2. The highest BCUT2D eigenvalue weighted by Crippen LogP contribution is 2.32. The van der Waals surface area contributed by atoms with Crippen molar-refractivity contribution in [3.63, 3.8) is 0 Å². The van der Waals surface area contributed by atoms with Gasteiger partial charge in [-0.2, -0.15) is 5.10 Å². The van der Waals surface area contributed by atoms with Gasteiger partial charge in [0.25, 0.3) is 6.43 Å². The van der Waals surface area contributed by atoms with E-state index in [9.17, 15) is 13.6 Å². The fraction of sp³-hybridized carbons (Fsp3) is 0.235. The number of hydrogen-bond acceptors (Lipinski definition) is 4. The Morgan fingerprint density at radius 1 is 1.41 bits per heavy atom. The molecule has 1 aromatic carbocycles. The molecule has 3 heterocycles. The van der Waals surface area contributed by atoms with Crippen molar-refractivity contribution in [2.24, 2.45) is 0 Å². The summed E-state index contributed by atoms with van der Waals surface area (Å²) in [6.07, 6.45) is -2.02. The zero-order valence-corrected chi connectivity index (χ0v) is 15.4. The van der Waals surface area contributed by atoms with Crippen LogP contribution >= 0.6 is 22.9 Å². The van der Waals surface area contributed by atoms with Crippen LogP contribution in [0.4, 0.5) is 19.3 Å². The van der Waals surface area contributed by atoms with Crippen LogP contribution in [0, 0.1) is 0 Å². The third-order valence-electron chi connectivity index (χ3n) is 4.25. The van der Waals surface area contributed by atoms with Crippen molar-refractivity contribution in [2.45, 2.75) is 19.4 Å². The minimum absolute atomic E-state index is 0.242. The zero-order valence-electron chi connectivity index (χ0n) is 13.9. The molecule has 0 radical (unpaired) electrons. The number of carbonyl (C=O) groups excluding carboxylic acids is 1. The smallest absolute Gasteiger partial charge is 0.320 e. The zero-order chi connectivity index (χ0) is 19.0. The summed E-state index contributed by atoms with van der Waals surface area (Å²) >= 11 is 6.84. The first-order valence-electron chi connectivity index (χ1n) is 8.13. The van der Waals surface area contributed by atoms with E-state index < -0.39 is 6.43 Å². The van der Waals surface area contributed by atoms with Crippen LogP contribution in [-0.2, 0) is 13.0 Å². The number of urea groups is 1. The van der Waals surface area contributed by atoms with E-state index in [-0.39, 0.29) is 11.0 Å². The topological polar surface area (TPSA) is 73.9 Å². The molecule has 2 amide bonds. The standard InChI is InChI=1S/C17H14ClF2N5OS/c18-9-2-1-3-10(6-9)21-17(26)25-5-4-12-11(7-25)14(24-23-12)13-8-27-16(22-13)15(19)20/h1-3,6,8,15H,4-5,7H2,(H,21,26)(H,23,24). The highest BCUT2D eigenvalue weighted by molar-refractivity contribution is 7.10. The number of amides is 2. The lowest BCUT2D eigenvalue weighted by molar-refractivity contribution is 0.151. The number of aromatic nitrogens is 3. The Kier molecular flexibility index (Phi) is 4.79. The average molecular weight is 410 g/mol. The number of halogens is 3. The van der Waals surface area contributed by atoms with Gasteiger partial charge in [0.2, 0.25) is 0 Å². The fourth-order valence-corrected chi connectivity index (χ4v) is 3.79. The van der Waals surface area contributed by atoms with Crippen molar-refractivity contribution in [1.29, 1.82) is 0 Å². The first-order chi connectivity index (χ1) is 13.0. The second-order valence-corrected chi connectivity index (χ2v) is 7.34. The summed E-state index contributed by atoms with van der Waals surface area (Å²) in [7, 11) is 0. The maximum atomic E-state index is 12.8. The Morgan fingerprint density at radius 3 is 3.00 bits per heavy atom. The van der Waals surface area contributed by atoms with E-state index in [1.165, 1.54) is 0 Å². The Labute approximate surface area is 162 Å². The van der Waals surface area contributed by atoms with Gasteiger partial charge < -0.3 is 10.2 Å². The van der Waals surface area contributed by atoms with Crippen LogP contribution in [0.15, 0.2) is 29.6 Å². The molecule has 0 atom stereocenters. The number of rotatable bonds is 3. The van der Waals surface area contributed by atoms with Gasteiger partial charge in [-0.15, -0.1) is 11.3 Å². The first-order valence-corrected chi connectivity index (χ1v) is 9.38. The molecular weight excluding hydrogens is 396 g/mol. The van der Waals surface area contributed by atoms with Gasteiger partial charge in [0, 0.05) is 40.3 Å². The van der Waals surface area contributed by atoms with Crippen LogP contribution in [-0.4, -0.2) is 32.7 Å². The third kappa shape index (κ3) is 3.65. The van der Waals surface area contributed by atoms with Gasteiger partial charge in [-0.25, -0.2) is 18.6 Å². The van der Waals surface area contributed by atoms with E-state index in [4.69, 9.17) is 11.6 Å². The third-order valence-corrected chi connectivity index (χ3v) is 5.33. The quantitative estimate of drug-likeness (QED) is 0.657. The van der Waals surface area contributed by atoms with Crippen LogP contribution in [0.1, 0.15) is 22.7 Å². The van der Waals surface area contributed by atoms with Gasteiger partial charge >= 0.3 is 6.03 Å². The largest absolute Gasteiger partial charge is 0.322 e. The lowest BCUT2D eigenvalue weighted by Gasteiger charge is -2.27. The Hall–Kier alpha value is -2.52. The molecule has 27 heavy (non-hydrogen) atoms. The highest BCUT2D eigenvalue weighted by atomic mass is 35.5. The Balaban J connectivity index is 1.53. The molecular formula is C17H14ClF2N5OS. The van der Waals surface area contributed by atoms with E-state index in [1.54, 1.807) is 34.5 Å². The van der Waals surface area contributed by atoms with Crippen molar-refractivity contribution in [3.8, 4) is 11.4 Å². The minimum atomic E-state index is -2.61. The molecule has 3 aromatic rings. The number of anilines is 1. The molecule has 140 valence electrons. The van der Waals surface area contributed by atoms with Gasteiger partial charge in [0.15, 0.2) is 5.01 Å². The molecule has 4 rings (SSSR count). The van der Waals surface area contributed by atoms with Gasteiger partial charge in [-0.05, 0) is 18.2 Å². The molecule has 2 N–H and O–H groups in total. The minimum Gasteiger partial charge on any atom is -0.320 e. The lowest BCUT2D eigenvalue weighted by atomic mass is 10.0. The molecule has 0 bridgehead atoms. The molecule has 0 saturated carbocycles. The van der Waals surface area contributed by atoms with Crippen molar-refractivity contribution in [3.05, 3.63) is 50.9 Å². The Bertz CT molecular complexity index is 989. The second-order valence-electron chi connectivity index (χ2n) is 6.01. The van der Waals surface area contributed by atoms with E-state index in [1.807, 2.05) is 0 Å². The molecule has 1 aliphatic heterocycles. The van der Waals surface area contributed by atoms with Crippen LogP contribution in [0.3, 0.4) is 0 Å². The van der Waals surface area contributed by atoms with Crippen LogP contribution in [0.5, 0.6) is 0 Å². The normalized spacial score (nSPS) is 13.7. The molecule has 0 saturated heterocycles. The molecule has 6 nitrogen and oxygen atoms in total. The number of H-pyrrole nitrogens is 1. The molecule has 0 fully saturated rings. The summed E-state index contributed by atoms with van der Waals surface area (Å²) in [5, 5.41) is 11.8. The van der Waals surface area contributed by atoms with Gasteiger partial charge in [0.1, 0.15) is 11.4 Å². The summed E-state index contributed by atoms with van der Waals surface area (Å²) in [5.41, 5.74) is 3.20. The van der Waals surface area contributed by atoms with Crippen LogP contribution in [0.2, 0.25) is 5.02 Å². The first kappa shape index (κ1) is 17.9. The van der Waals surface area contributed by atoms with Crippen LogP contribution < -0.4 is 5.32 Å². The van der Waals surface area contributed by atoms with Gasteiger partial charge in [0.05, 0.1) is 6.54 Å². The predicted octanol–water partition coefficient (Wildman–Crippen LogP) is 4.71. The van der Waals surface area contributed by atoms with Crippen molar-refractivity contribution in [1.82, 2.24) is 20.1 Å². The number of aromatic amines is 1. The maximum absolute atomic E-state index is 12.8. The average Bonchev–Trinajstić information content (AvgIpc) is 3.28. The van der Waals surface area contributed by atoms with E-state index >= 15 is 0 Å². The monoisotopic (exact) mass is 409 g/mol. The number of carbonyl (C=O) groups is 1. The number of fused-ring (bicyclic) bond motifs is 1. The highest BCUT2D eigenvalue weighted by Gasteiger charge is 2.27. The van der Waals surface area contributed by atoms with Crippen LogP contribution in [0.25, 0.3) is 11.4 Å². The van der Waals surface area contributed by atoms with Crippen molar-refractivity contribution in [2.75, 3.05) is 11.9 Å². The molecule has 2 aromatic heterocycles. The molecule has 10 heteroatoms. The molecule has 0 aliphatic carbocycles. The summed E-state index contributed by atoms with van der Waals surface area (Å²) in [6.45, 7) is 0.829. The lowest BCUT2D eigenvalue weighted by Crippen LogP contribution is -2.38. The van der Waals surface area contributed by atoms with E-state index in [2.05, 4.69) is 20.5 Å².